The van der Waals surface area contributed by atoms with Gasteiger partial charge in [0.15, 0.2) is 0 Å². The van der Waals surface area contributed by atoms with E-state index in [1.165, 1.54) is 24.8 Å². The van der Waals surface area contributed by atoms with Gasteiger partial charge in [-0.3, -0.25) is 9.59 Å². The Labute approximate surface area is 292 Å². The van der Waals surface area contributed by atoms with Crippen molar-refractivity contribution < 1.29 is 22.7 Å². The lowest BCUT2D eigenvalue weighted by Gasteiger charge is -2.42. The molecule has 1 saturated carbocycles. The van der Waals surface area contributed by atoms with Gasteiger partial charge >= 0.3 is 0 Å². The van der Waals surface area contributed by atoms with E-state index in [2.05, 4.69) is 38.6 Å². The van der Waals surface area contributed by atoms with Crippen LogP contribution in [0, 0.1) is 12.3 Å². The van der Waals surface area contributed by atoms with Crippen LogP contribution in [-0.4, -0.2) is 67.7 Å². The average molecular weight is 691 g/mol. The van der Waals surface area contributed by atoms with Crippen LogP contribution in [0.25, 0.3) is 22.2 Å². The highest BCUT2D eigenvalue weighted by Crippen LogP contribution is 2.46. The molecule has 10 heteroatoms. The number of benzene rings is 2. The lowest BCUT2D eigenvalue weighted by atomic mass is 9.81. The smallest absolute Gasteiger partial charge is 0.264 e. The van der Waals surface area contributed by atoms with Crippen molar-refractivity contribution in [3.63, 3.8) is 0 Å². The van der Waals surface area contributed by atoms with Gasteiger partial charge in [0, 0.05) is 47.2 Å². The Morgan fingerprint density at radius 1 is 1.02 bits per heavy atom. The number of aryl methyl sites for hydroxylation is 1. The third-order valence-corrected chi connectivity index (χ3v) is 12.7. The zero-order valence-corrected chi connectivity index (χ0v) is 30.8. The molecule has 9 nitrogen and oxygen atoms in total. The van der Waals surface area contributed by atoms with E-state index in [9.17, 15) is 18.0 Å². The topological polar surface area (TPSA) is 110 Å². The number of sulfonamides is 1. The summed E-state index contributed by atoms with van der Waals surface area (Å²) < 4.78 is 35.3. The van der Waals surface area contributed by atoms with Gasteiger partial charge in [-0.15, -0.1) is 0 Å². The standard InChI is InChI=1S/C39H54N4O5S/c1-6-23-49(46,47)41-36(44)29-13-15-32-33(25-29)43(26-38(3,4)37(45)42-21-18-39(19-22-42)17-10-20-40-39)35(34(32)28-11-8-7-9-12-28)31-16-14-30(48-5)24-27(31)2/h13-16,24-25,28,40H,6-12,17-23,26H2,1-5H3,(H,41,44). The number of carbonyl (C=O) groups is 2. The van der Waals surface area contributed by atoms with Crippen LogP contribution in [-0.2, 0) is 21.4 Å². The van der Waals surface area contributed by atoms with E-state index in [1.54, 1.807) is 20.1 Å². The molecule has 2 aromatic carbocycles. The van der Waals surface area contributed by atoms with E-state index < -0.39 is 21.3 Å². The second-order valence-corrected chi connectivity index (χ2v) is 17.2. The summed E-state index contributed by atoms with van der Waals surface area (Å²) in [5, 5.41) is 4.77. The summed E-state index contributed by atoms with van der Waals surface area (Å²) >= 11 is 0. The molecule has 3 aliphatic rings. The molecule has 1 spiro atoms. The van der Waals surface area contributed by atoms with Crippen molar-refractivity contribution in [1.82, 2.24) is 19.5 Å². The molecule has 0 unspecified atom stereocenters. The van der Waals surface area contributed by atoms with Gasteiger partial charge in [0.05, 0.1) is 24.0 Å². The molecule has 3 fully saturated rings. The highest BCUT2D eigenvalue weighted by molar-refractivity contribution is 7.90. The van der Waals surface area contributed by atoms with E-state index in [4.69, 9.17) is 4.74 Å². The number of fused-ring (bicyclic) bond motifs is 1. The molecule has 6 rings (SSSR count). The monoisotopic (exact) mass is 690 g/mol. The van der Waals surface area contributed by atoms with Crippen LogP contribution >= 0.6 is 0 Å². The molecule has 1 aliphatic carbocycles. The van der Waals surface area contributed by atoms with Gasteiger partial charge in [0.2, 0.25) is 15.9 Å². The van der Waals surface area contributed by atoms with Crippen molar-refractivity contribution in [3.05, 3.63) is 53.1 Å². The van der Waals surface area contributed by atoms with Crippen molar-refractivity contribution in [2.75, 3.05) is 32.5 Å². The van der Waals surface area contributed by atoms with Gasteiger partial charge in [-0.2, -0.15) is 0 Å². The minimum absolute atomic E-state index is 0.117. The van der Waals surface area contributed by atoms with Crippen LogP contribution < -0.4 is 14.8 Å². The van der Waals surface area contributed by atoms with E-state index >= 15 is 0 Å². The van der Waals surface area contributed by atoms with Crippen LogP contribution in [0.2, 0.25) is 0 Å². The van der Waals surface area contributed by atoms with E-state index in [0.717, 1.165) is 91.6 Å². The van der Waals surface area contributed by atoms with Gasteiger partial charge in [-0.1, -0.05) is 32.3 Å². The van der Waals surface area contributed by atoms with Gasteiger partial charge in [-0.25, -0.2) is 13.1 Å². The quantitative estimate of drug-likeness (QED) is 0.239. The number of hydrogen-bond acceptors (Lipinski definition) is 6. The summed E-state index contributed by atoms with van der Waals surface area (Å²) in [5.74, 6) is 0.495. The normalized spacial score (nSPS) is 18.7. The fraction of sp³-hybridized carbons (Fsp3) is 0.590. The van der Waals surface area contributed by atoms with Crippen LogP contribution in [0.4, 0.5) is 0 Å². The van der Waals surface area contributed by atoms with Crippen molar-refractivity contribution >= 4 is 32.7 Å². The summed E-state index contributed by atoms with van der Waals surface area (Å²) in [6.07, 6.45) is 10.4. The number of amides is 2. The Balaban J connectivity index is 1.48. The predicted octanol–water partition coefficient (Wildman–Crippen LogP) is 6.91. The van der Waals surface area contributed by atoms with Crippen molar-refractivity contribution in [1.29, 1.82) is 0 Å². The van der Waals surface area contributed by atoms with E-state index in [0.29, 0.717) is 18.9 Å². The number of rotatable bonds is 10. The molecule has 3 aromatic rings. The Bertz CT molecular complexity index is 1810. The van der Waals surface area contributed by atoms with Gasteiger partial charge in [0.1, 0.15) is 5.75 Å². The number of methoxy groups -OCH3 is 1. The SMILES string of the molecule is CCCS(=O)(=O)NC(=O)c1ccc2c(C3CCCCC3)c(-c3ccc(OC)cc3C)n(CC(C)(C)C(=O)N3CCC4(CCCN4)CC3)c2c1. The molecule has 0 bridgehead atoms. The number of nitrogens with one attached hydrogen (secondary N) is 2. The zero-order valence-electron chi connectivity index (χ0n) is 30.0. The van der Waals surface area contributed by atoms with Crippen LogP contribution in [0.3, 0.4) is 0 Å². The summed E-state index contributed by atoms with van der Waals surface area (Å²) in [7, 11) is -2.08. The van der Waals surface area contributed by atoms with Gasteiger partial charge in [-0.05, 0) is 120 Å². The molecule has 2 amide bonds. The van der Waals surface area contributed by atoms with E-state index in [1.807, 2.05) is 32.0 Å². The summed E-state index contributed by atoms with van der Waals surface area (Å²) in [6, 6.07) is 11.7. The minimum Gasteiger partial charge on any atom is -0.497 e. The average Bonchev–Trinajstić information content (AvgIpc) is 3.66. The second kappa shape index (κ2) is 14.1. The molecule has 0 atom stereocenters. The Hall–Kier alpha value is -3.37. The molecular formula is C39H54N4O5S. The van der Waals surface area contributed by atoms with Crippen LogP contribution in [0.15, 0.2) is 36.4 Å². The van der Waals surface area contributed by atoms with Gasteiger partial charge < -0.3 is 19.5 Å². The first-order valence-electron chi connectivity index (χ1n) is 18.3. The molecule has 0 radical (unpaired) electrons. The third kappa shape index (κ3) is 7.27. The summed E-state index contributed by atoms with van der Waals surface area (Å²) in [6.45, 7) is 10.9. The number of piperidine rings is 1. The lowest BCUT2D eigenvalue weighted by Crippen LogP contribution is -2.54. The zero-order chi connectivity index (χ0) is 35.0. The third-order valence-electron chi connectivity index (χ3n) is 11.3. The molecule has 2 N–H and O–H groups in total. The molecule has 49 heavy (non-hydrogen) atoms. The van der Waals surface area contributed by atoms with E-state index in [-0.39, 0.29) is 22.8 Å². The number of likely N-dealkylation sites (tertiary alicyclic amines) is 1. The van der Waals surface area contributed by atoms with Gasteiger partial charge in [0.25, 0.3) is 5.91 Å². The van der Waals surface area contributed by atoms with Crippen molar-refractivity contribution in [2.45, 2.75) is 110 Å². The Morgan fingerprint density at radius 2 is 1.76 bits per heavy atom. The maximum absolute atomic E-state index is 14.4. The maximum Gasteiger partial charge on any atom is 0.264 e. The van der Waals surface area contributed by atoms with Crippen LogP contribution in [0.1, 0.15) is 112 Å². The second-order valence-electron chi connectivity index (χ2n) is 15.3. The lowest BCUT2D eigenvalue weighted by molar-refractivity contribution is -0.142. The molecule has 3 heterocycles. The number of ether oxygens (including phenoxy) is 1. The molecule has 1 aromatic heterocycles. The largest absolute Gasteiger partial charge is 0.497 e. The van der Waals surface area contributed by atoms with Crippen LogP contribution in [0.5, 0.6) is 5.75 Å². The fourth-order valence-corrected chi connectivity index (χ4v) is 9.69. The number of hydrogen-bond donors (Lipinski definition) is 2. The molecule has 2 saturated heterocycles. The highest BCUT2D eigenvalue weighted by atomic mass is 32.2. The Kier molecular flexibility index (Phi) is 10.2. The molecular weight excluding hydrogens is 637 g/mol. The number of carbonyl (C=O) groups excluding carboxylic acids is 2. The highest BCUT2D eigenvalue weighted by Gasteiger charge is 2.41. The summed E-state index contributed by atoms with van der Waals surface area (Å²) in [5.41, 5.74) is 5.03. The summed E-state index contributed by atoms with van der Waals surface area (Å²) in [4.78, 5) is 29.9. The minimum atomic E-state index is -3.75. The Morgan fingerprint density at radius 3 is 2.39 bits per heavy atom. The molecule has 2 aliphatic heterocycles. The molecule has 266 valence electrons. The maximum atomic E-state index is 14.4. The van der Waals surface area contributed by atoms with Crippen molar-refractivity contribution in [3.8, 4) is 17.0 Å². The first-order chi connectivity index (χ1) is 23.4. The first-order valence-corrected chi connectivity index (χ1v) is 19.9. The first kappa shape index (κ1) is 35.5. The fourth-order valence-electron chi connectivity index (χ4n) is 8.65. The number of nitrogens with zero attached hydrogens (tertiary/aromatic N) is 2. The predicted molar refractivity (Wildman–Crippen MR) is 196 cm³/mol. The number of aromatic nitrogens is 1. The van der Waals surface area contributed by atoms with Crippen molar-refractivity contribution in [2.24, 2.45) is 5.41 Å².